The summed E-state index contributed by atoms with van der Waals surface area (Å²) in [6, 6.07) is 4.54. The molecule has 0 saturated carbocycles. The smallest absolute Gasteiger partial charge is 0.129 e. The summed E-state index contributed by atoms with van der Waals surface area (Å²) in [6.45, 7) is 2.45. The van der Waals surface area contributed by atoms with Crippen molar-refractivity contribution in [1.29, 1.82) is 0 Å². The summed E-state index contributed by atoms with van der Waals surface area (Å²) in [7, 11) is 1.92. The van der Waals surface area contributed by atoms with Crippen LogP contribution < -0.4 is 5.32 Å². The zero-order valence-corrected chi connectivity index (χ0v) is 11.1. The van der Waals surface area contributed by atoms with E-state index in [1.807, 2.05) is 24.7 Å². The predicted octanol–water partition coefficient (Wildman–Crippen LogP) is 3.06. The number of nitrogens with zero attached hydrogens (tertiary/aromatic N) is 2. The van der Waals surface area contributed by atoms with Gasteiger partial charge < -0.3 is 9.88 Å². The molecule has 0 spiro atoms. The Kier molecular flexibility index (Phi) is 3.99. The van der Waals surface area contributed by atoms with Crippen LogP contribution in [0.5, 0.6) is 0 Å². The SMILES string of the molecule is C[C@@H](NCc1nccn1C)c1c(F)cccc1Cl. The lowest BCUT2D eigenvalue weighted by Crippen LogP contribution is -2.21. The van der Waals surface area contributed by atoms with Gasteiger partial charge in [0.25, 0.3) is 0 Å². The summed E-state index contributed by atoms with van der Waals surface area (Å²) in [6.07, 6.45) is 3.61. The first-order valence-electron chi connectivity index (χ1n) is 5.73. The van der Waals surface area contributed by atoms with Gasteiger partial charge in [0.05, 0.1) is 6.54 Å². The van der Waals surface area contributed by atoms with Gasteiger partial charge in [-0.25, -0.2) is 9.37 Å². The highest BCUT2D eigenvalue weighted by Gasteiger charge is 2.14. The molecule has 0 aliphatic carbocycles. The highest BCUT2D eigenvalue weighted by molar-refractivity contribution is 6.31. The van der Waals surface area contributed by atoms with Crippen molar-refractivity contribution < 1.29 is 4.39 Å². The summed E-state index contributed by atoms with van der Waals surface area (Å²) in [5.74, 6) is 0.608. The Hall–Kier alpha value is -1.39. The number of hydrogen-bond donors (Lipinski definition) is 1. The lowest BCUT2D eigenvalue weighted by Gasteiger charge is -2.16. The second-order valence-electron chi connectivity index (χ2n) is 4.19. The van der Waals surface area contributed by atoms with E-state index in [-0.39, 0.29) is 11.9 Å². The van der Waals surface area contributed by atoms with Gasteiger partial charge in [-0.3, -0.25) is 0 Å². The molecule has 2 aromatic rings. The molecule has 0 aliphatic heterocycles. The molecule has 0 amide bonds. The molecule has 0 fully saturated rings. The van der Waals surface area contributed by atoms with Crippen LogP contribution >= 0.6 is 11.6 Å². The van der Waals surface area contributed by atoms with Gasteiger partial charge in [0, 0.05) is 36.1 Å². The Bertz CT molecular complexity index is 519. The fourth-order valence-corrected chi connectivity index (χ4v) is 2.16. The van der Waals surface area contributed by atoms with Crippen molar-refractivity contribution in [3.63, 3.8) is 0 Å². The van der Waals surface area contributed by atoms with E-state index in [1.165, 1.54) is 6.07 Å². The molecule has 1 aromatic carbocycles. The van der Waals surface area contributed by atoms with Crippen LogP contribution in [-0.4, -0.2) is 9.55 Å². The zero-order valence-electron chi connectivity index (χ0n) is 10.3. The number of rotatable bonds is 4. The average molecular weight is 268 g/mol. The molecule has 0 unspecified atom stereocenters. The van der Waals surface area contributed by atoms with Crippen LogP contribution in [0, 0.1) is 5.82 Å². The van der Waals surface area contributed by atoms with Gasteiger partial charge in [0.15, 0.2) is 0 Å². The number of aromatic nitrogens is 2. The van der Waals surface area contributed by atoms with Crippen LogP contribution in [0.1, 0.15) is 24.4 Å². The van der Waals surface area contributed by atoms with Crippen molar-refractivity contribution in [2.24, 2.45) is 7.05 Å². The van der Waals surface area contributed by atoms with Gasteiger partial charge >= 0.3 is 0 Å². The molecule has 1 heterocycles. The van der Waals surface area contributed by atoms with Gasteiger partial charge in [-0.1, -0.05) is 17.7 Å². The predicted molar refractivity (Wildman–Crippen MR) is 69.9 cm³/mol. The molecule has 3 nitrogen and oxygen atoms in total. The summed E-state index contributed by atoms with van der Waals surface area (Å²) in [4.78, 5) is 4.20. The second-order valence-corrected chi connectivity index (χ2v) is 4.60. The van der Waals surface area contributed by atoms with Crippen molar-refractivity contribution in [2.45, 2.75) is 19.5 Å². The standard InChI is InChI=1S/C13H15ClFN3/c1-9(13-10(14)4-3-5-11(13)15)17-8-12-16-6-7-18(12)2/h3-7,9,17H,8H2,1-2H3/t9-/m1/s1. The molecule has 96 valence electrons. The minimum absolute atomic E-state index is 0.171. The van der Waals surface area contributed by atoms with E-state index >= 15 is 0 Å². The lowest BCUT2D eigenvalue weighted by atomic mass is 10.1. The van der Waals surface area contributed by atoms with Crippen molar-refractivity contribution in [3.05, 3.63) is 52.8 Å². The molecule has 0 bridgehead atoms. The summed E-state index contributed by atoms with van der Waals surface area (Å²) < 4.78 is 15.6. The maximum atomic E-state index is 13.7. The molecule has 0 radical (unpaired) electrons. The molecule has 0 saturated heterocycles. The average Bonchev–Trinajstić information content (AvgIpc) is 2.72. The van der Waals surface area contributed by atoms with Gasteiger partial charge in [-0.15, -0.1) is 0 Å². The van der Waals surface area contributed by atoms with E-state index in [4.69, 9.17) is 11.6 Å². The molecule has 1 atom stereocenters. The number of imidazole rings is 1. The normalized spacial score (nSPS) is 12.7. The lowest BCUT2D eigenvalue weighted by molar-refractivity contribution is 0.515. The van der Waals surface area contributed by atoms with Crippen molar-refractivity contribution in [1.82, 2.24) is 14.9 Å². The van der Waals surface area contributed by atoms with Gasteiger partial charge in [-0.2, -0.15) is 0 Å². The van der Waals surface area contributed by atoms with Crippen LogP contribution in [0.15, 0.2) is 30.6 Å². The summed E-state index contributed by atoms with van der Waals surface area (Å²) >= 11 is 6.02. The van der Waals surface area contributed by atoms with E-state index in [1.54, 1.807) is 18.3 Å². The molecular weight excluding hydrogens is 253 g/mol. The van der Waals surface area contributed by atoms with E-state index < -0.39 is 0 Å². The highest BCUT2D eigenvalue weighted by atomic mass is 35.5. The largest absolute Gasteiger partial charge is 0.337 e. The fraction of sp³-hybridized carbons (Fsp3) is 0.308. The summed E-state index contributed by atoms with van der Waals surface area (Å²) in [5, 5.41) is 3.66. The topological polar surface area (TPSA) is 29.9 Å². The number of benzene rings is 1. The number of halogens is 2. The highest BCUT2D eigenvalue weighted by Crippen LogP contribution is 2.25. The molecule has 1 aromatic heterocycles. The Morgan fingerprint density at radius 2 is 2.28 bits per heavy atom. The van der Waals surface area contributed by atoms with E-state index in [9.17, 15) is 4.39 Å². The van der Waals surface area contributed by atoms with Crippen LogP contribution in [0.25, 0.3) is 0 Å². The molecule has 0 aliphatic rings. The molecule has 2 rings (SSSR count). The first-order chi connectivity index (χ1) is 8.59. The van der Waals surface area contributed by atoms with Crippen molar-refractivity contribution in [2.75, 3.05) is 0 Å². The summed E-state index contributed by atoms with van der Waals surface area (Å²) in [5.41, 5.74) is 0.494. The molecule has 5 heteroatoms. The van der Waals surface area contributed by atoms with Gasteiger partial charge in [0.1, 0.15) is 11.6 Å². The second kappa shape index (κ2) is 5.50. The van der Waals surface area contributed by atoms with E-state index in [2.05, 4.69) is 10.3 Å². The van der Waals surface area contributed by atoms with E-state index in [0.29, 0.717) is 17.1 Å². The minimum atomic E-state index is -0.289. The van der Waals surface area contributed by atoms with Crippen molar-refractivity contribution >= 4 is 11.6 Å². The maximum Gasteiger partial charge on any atom is 0.129 e. The molecule has 18 heavy (non-hydrogen) atoms. The first kappa shape index (κ1) is 13.1. The first-order valence-corrected chi connectivity index (χ1v) is 6.11. The Morgan fingerprint density at radius 3 is 2.89 bits per heavy atom. The maximum absolute atomic E-state index is 13.7. The molecular formula is C13H15ClFN3. The number of aryl methyl sites for hydroxylation is 1. The monoisotopic (exact) mass is 267 g/mol. The van der Waals surface area contributed by atoms with Crippen LogP contribution in [0.2, 0.25) is 5.02 Å². The fourth-order valence-electron chi connectivity index (χ4n) is 1.84. The Labute approximate surface area is 111 Å². The quantitative estimate of drug-likeness (QED) is 0.923. The number of nitrogens with one attached hydrogen (secondary N) is 1. The Morgan fingerprint density at radius 1 is 1.50 bits per heavy atom. The van der Waals surface area contributed by atoms with Crippen LogP contribution in [0.3, 0.4) is 0 Å². The van der Waals surface area contributed by atoms with E-state index in [0.717, 1.165) is 5.82 Å². The Balaban J connectivity index is 2.08. The van der Waals surface area contributed by atoms with Crippen LogP contribution in [0.4, 0.5) is 4.39 Å². The number of hydrogen-bond acceptors (Lipinski definition) is 2. The van der Waals surface area contributed by atoms with Gasteiger partial charge in [0.2, 0.25) is 0 Å². The molecule has 1 N–H and O–H groups in total. The van der Waals surface area contributed by atoms with Crippen molar-refractivity contribution in [3.8, 4) is 0 Å². The van der Waals surface area contributed by atoms with Crippen LogP contribution in [-0.2, 0) is 13.6 Å². The van der Waals surface area contributed by atoms with Gasteiger partial charge in [-0.05, 0) is 19.1 Å². The third-order valence-corrected chi connectivity index (χ3v) is 3.25. The third-order valence-electron chi connectivity index (χ3n) is 2.92. The zero-order chi connectivity index (χ0) is 13.1. The minimum Gasteiger partial charge on any atom is -0.337 e. The third kappa shape index (κ3) is 2.71.